The predicted molar refractivity (Wildman–Crippen MR) is 76.4 cm³/mol. The van der Waals surface area contributed by atoms with Crippen molar-refractivity contribution in [2.45, 2.75) is 0 Å². The molecule has 0 aliphatic heterocycles. The standard InChI is InChI=1S/C15H10BN.2H2O/c16-13-8-5-12(6-9-13)15-10-7-11-3-1-2-4-14(11)17-15;;/h1-10H;2*1H2/q+2;;/p-2. The van der Waals surface area contributed by atoms with Gasteiger partial charge < -0.3 is 11.0 Å². The van der Waals surface area contributed by atoms with E-state index in [0.29, 0.717) is 0 Å². The van der Waals surface area contributed by atoms with Crippen LogP contribution >= 0.6 is 0 Å². The number of aromatic nitrogens is 1. The molecular formula is C15H12BNO2. The van der Waals surface area contributed by atoms with E-state index in [1.807, 2.05) is 48.5 Å². The summed E-state index contributed by atoms with van der Waals surface area (Å²) in [6.07, 6.45) is 0. The fourth-order valence-electron chi connectivity index (χ4n) is 1.88. The van der Waals surface area contributed by atoms with E-state index in [1.54, 1.807) is 0 Å². The van der Waals surface area contributed by atoms with Crippen LogP contribution in [0.3, 0.4) is 0 Å². The van der Waals surface area contributed by atoms with Crippen molar-refractivity contribution in [1.29, 1.82) is 0 Å². The van der Waals surface area contributed by atoms with E-state index in [9.17, 15) is 0 Å². The Morgan fingerprint density at radius 2 is 1.42 bits per heavy atom. The van der Waals surface area contributed by atoms with Crippen LogP contribution in [-0.4, -0.2) is 23.8 Å². The fourth-order valence-corrected chi connectivity index (χ4v) is 1.88. The maximum absolute atomic E-state index is 5.67. The van der Waals surface area contributed by atoms with Crippen LogP contribution < -0.4 is 5.46 Å². The van der Waals surface area contributed by atoms with Crippen molar-refractivity contribution in [3.05, 3.63) is 60.7 Å². The van der Waals surface area contributed by atoms with Crippen LogP contribution in [0.15, 0.2) is 60.7 Å². The molecule has 1 aromatic heterocycles. The predicted octanol–water partition coefficient (Wildman–Crippen LogP) is 2.34. The Bertz CT molecular complexity index is 668. The van der Waals surface area contributed by atoms with Crippen LogP contribution in [0.25, 0.3) is 22.2 Å². The summed E-state index contributed by atoms with van der Waals surface area (Å²) in [7, 11) is 5.67. The van der Waals surface area contributed by atoms with Gasteiger partial charge in [-0.3, -0.25) is 0 Å². The number of nitrogens with zero attached hydrogens (tertiary/aromatic N) is 1. The Hall–Kier alpha value is -2.17. The third-order valence-electron chi connectivity index (χ3n) is 2.80. The third-order valence-corrected chi connectivity index (χ3v) is 2.80. The van der Waals surface area contributed by atoms with Crippen molar-refractivity contribution in [1.82, 2.24) is 4.98 Å². The van der Waals surface area contributed by atoms with Gasteiger partial charge in [0.1, 0.15) is 0 Å². The number of fused-ring (bicyclic) bond motifs is 1. The Kier molecular flexibility index (Phi) is 4.81. The minimum atomic E-state index is 0. The number of benzene rings is 2. The molecular weight excluding hydrogens is 237 g/mol. The van der Waals surface area contributed by atoms with Crippen LogP contribution in [0.4, 0.5) is 0 Å². The fraction of sp³-hybridized carbons (Fsp3) is 0. The van der Waals surface area contributed by atoms with E-state index in [0.717, 1.165) is 27.6 Å². The second-order valence-corrected chi connectivity index (χ2v) is 4.01. The smallest absolute Gasteiger partial charge is 0.870 e. The summed E-state index contributed by atoms with van der Waals surface area (Å²) in [4.78, 5) is 4.63. The average molecular weight is 249 g/mol. The first-order valence-corrected chi connectivity index (χ1v) is 5.55. The molecule has 92 valence electrons. The van der Waals surface area contributed by atoms with Crippen LogP contribution in [0.5, 0.6) is 0 Å². The zero-order valence-electron chi connectivity index (χ0n) is 10.2. The summed E-state index contributed by atoms with van der Waals surface area (Å²) in [6, 6.07) is 20.0. The maximum atomic E-state index is 5.67. The van der Waals surface area contributed by atoms with Gasteiger partial charge >= 0.3 is 101 Å². The molecule has 0 aliphatic carbocycles. The topological polar surface area (TPSA) is 72.9 Å². The van der Waals surface area contributed by atoms with Crippen molar-refractivity contribution >= 4 is 24.2 Å². The maximum Gasteiger partial charge on any atom is -0.870 e. The first-order chi connectivity index (χ1) is 8.33. The molecule has 19 heavy (non-hydrogen) atoms. The van der Waals surface area contributed by atoms with Crippen LogP contribution in [0.1, 0.15) is 0 Å². The molecule has 2 N–H and O–H groups in total. The van der Waals surface area contributed by atoms with E-state index in [4.69, 9.17) is 7.85 Å². The van der Waals surface area contributed by atoms with Gasteiger partial charge in [-0.05, 0) is 0 Å². The first-order valence-electron chi connectivity index (χ1n) is 5.55. The molecule has 3 rings (SSSR count). The molecule has 0 saturated carbocycles. The van der Waals surface area contributed by atoms with Crippen molar-refractivity contribution in [3.63, 3.8) is 0 Å². The molecule has 0 unspecified atom stereocenters. The van der Waals surface area contributed by atoms with Gasteiger partial charge in [-0.1, -0.05) is 0 Å². The number of hydrogen-bond acceptors (Lipinski definition) is 3. The van der Waals surface area contributed by atoms with Crippen LogP contribution in [0, 0.1) is 0 Å². The monoisotopic (exact) mass is 249 g/mol. The van der Waals surface area contributed by atoms with E-state index in [1.165, 1.54) is 0 Å². The summed E-state index contributed by atoms with van der Waals surface area (Å²) in [5.74, 6) is 0. The van der Waals surface area contributed by atoms with Gasteiger partial charge in [0.25, 0.3) is 0 Å². The second-order valence-electron chi connectivity index (χ2n) is 4.01. The summed E-state index contributed by atoms with van der Waals surface area (Å²) in [5, 5.41) is 1.16. The van der Waals surface area contributed by atoms with Gasteiger partial charge in [0.2, 0.25) is 0 Å². The minimum Gasteiger partial charge on any atom is -0.870 e. The molecule has 0 amide bonds. The van der Waals surface area contributed by atoms with Crippen LogP contribution in [0.2, 0.25) is 0 Å². The zero-order chi connectivity index (χ0) is 11.7. The van der Waals surface area contributed by atoms with Gasteiger partial charge in [-0.15, -0.1) is 0 Å². The largest absolute Gasteiger partial charge is 0.870 e. The molecule has 3 aromatic rings. The van der Waals surface area contributed by atoms with Gasteiger partial charge in [-0.25, -0.2) is 0 Å². The SMILES string of the molecule is [B+2]c1ccc(-c2ccc3ccccc3n2)cc1.[OH-].[OH-]. The van der Waals surface area contributed by atoms with Crippen molar-refractivity contribution in [2.24, 2.45) is 0 Å². The van der Waals surface area contributed by atoms with E-state index < -0.39 is 0 Å². The molecule has 1 heterocycles. The molecule has 4 heteroatoms. The zero-order valence-corrected chi connectivity index (χ0v) is 10.2. The van der Waals surface area contributed by atoms with E-state index in [2.05, 4.69) is 17.1 Å². The Morgan fingerprint density at radius 3 is 2.16 bits per heavy atom. The number of para-hydroxylation sites is 1. The Morgan fingerprint density at radius 1 is 0.737 bits per heavy atom. The Labute approximate surface area is 113 Å². The molecule has 2 aromatic carbocycles. The molecule has 0 spiro atoms. The number of pyridine rings is 1. The third kappa shape index (κ3) is 2.99. The van der Waals surface area contributed by atoms with Crippen LogP contribution in [-0.2, 0) is 0 Å². The molecule has 0 bridgehead atoms. The molecule has 0 fully saturated rings. The van der Waals surface area contributed by atoms with Crippen molar-refractivity contribution in [2.75, 3.05) is 0 Å². The Balaban J connectivity index is 0.000000902. The molecule has 0 saturated heterocycles. The quantitative estimate of drug-likeness (QED) is 0.621. The van der Waals surface area contributed by atoms with Gasteiger partial charge in [0.15, 0.2) is 0 Å². The van der Waals surface area contributed by atoms with Crippen molar-refractivity contribution < 1.29 is 11.0 Å². The molecule has 3 nitrogen and oxygen atoms in total. The first kappa shape index (κ1) is 14.9. The van der Waals surface area contributed by atoms with E-state index >= 15 is 0 Å². The normalized spacial score (nSPS) is 9.58. The molecule has 0 radical (unpaired) electrons. The van der Waals surface area contributed by atoms with Gasteiger partial charge in [-0.2, -0.15) is 0 Å². The summed E-state index contributed by atoms with van der Waals surface area (Å²) in [5.41, 5.74) is 3.85. The summed E-state index contributed by atoms with van der Waals surface area (Å²) in [6.45, 7) is 0. The molecule has 0 aliphatic rings. The molecule has 0 atom stereocenters. The summed E-state index contributed by atoms with van der Waals surface area (Å²) >= 11 is 0. The van der Waals surface area contributed by atoms with E-state index in [-0.39, 0.29) is 11.0 Å². The van der Waals surface area contributed by atoms with Crippen molar-refractivity contribution in [3.8, 4) is 11.3 Å². The van der Waals surface area contributed by atoms with Gasteiger partial charge in [0.05, 0.1) is 0 Å². The number of hydrogen-bond donors (Lipinski definition) is 0. The second kappa shape index (κ2) is 6.13. The minimum absolute atomic E-state index is 0. The average Bonchev–Trinajstić information content (AvgIpc) is 2.39. The number of rotatable bonds is 1. The van der Waals surface area contributed by atoms with Gasteiger partial charge in [0, 0.05) is 0 Å². The summed E-state index contributed by atoms with van der Waals surface area (Å²) < 4.78 is 0.